The van der Waals surface area contributed by atoms with E-state index in [0.29, 0.717) is 37.5 Å². The zero-order chi connectivity index (χ0) is 30.0. The summed E-state index contributed by atoms with van der Waals surface area (Å²) in [6.07, 6.45) is 3.77. The monoisotopic (exact) mass is 826 g/mol. The highest BCUT2D eigenvalue weighted by Gasteiger charge is 2.33. The Morgan fingerprint density at radius 1 is 1.17 bits per heavy atom. The van der Waals surface area contributed by atoms with Crippen molar-refractivity contribution >= 4 is 80.3 Å². The molecule has 0 saturated heterocycles. The molecule has 0 spiro atoms. The minimum absolute atomic E-state index is 0.0412. The fourth-order valence-electron chi connectivity index (χ4n) is 4.64. The lowest BCUT2D eigenvalue weighted by atomic mass is 9.96. The third-order valence-electron chi connectivity index (χ3n) is 6.60. The van der Waals surface area contributed by atoms with Crippen molar-refractivity contribution in [2.24, 2.45) is 4.99 Å². The number of fused-ring (bicyclic) bond motifs is 1. The second-order valence-corrected chi connectivity index (χ2v) is 13.6. The van der Waals surface area contributed by atoms with Crippen molar-refractivity contribution in [2.45, 2.75) is 31.4 Å². The maximum absolute atomic E-state index is 14.3. The molecule has 1 atom stereocenters. The normalized spacial score (nSPS) is 14.9. The molecule has 1 aromatic heterocycles. The van der Waals surface area contributed by atoms with E-state index >= 15 is 0 Å². The third kappa shape index (κ3) is 6.38. The van der Waals surface area contributed by atoms with Gasteiger partial charge < -0.3 is 9.47 Å². The van der Waals surface area contributed by atoms with E-state index < -0.39 is 12.0 Å². The number of allylic oxidation sites excluding steroid dienone is 1. The van der Waals surface area contributed by atoms with E-state index in [1.54, 1.807) is 54.5 Å². The second-order valence-electron chi connectivity index (χ2n) is 9.26. The highest BCUT2D eigenvalue weighted by molar-refractivity contribution is 14.1. The molecular weight excluding hydrogens is 801 g/mol. The molecule has 42 heavy (non-hydrogen) atoms. The Hall–Kier alpha value is -2.49. The van der Waals surface area contributed by atoms with Gasteiger partial charge in [-0.1, -0.05) is 41.7 Å². The van der Waals surface area contributed by atoms with Crippen LogP contribution in [0, 0.1) is 13.0 Å². The van der Waals surface area contributed by atoms with Gasteiger partial charge in [0.15, 0.2) is 4.80 Å². The molecular formula is C31H25FI2N2O4S2. The molecule has 2 heterocycles. The number of nitrogens with zero attached hydrogens (tertiary/aromatic N) is 2. The van der Waals surface area contributed by atoms with E-state index in [4.69, 9.17) is 9.47 Å². The number of hydrogen-bond acceptors (Lipinski definition) is 7. The average molecular weight is 826 g/mol. The minimum atomic E-state index is -0.689. The van der Waals surface area contributed by atoms with Crippen LogP contribution in [0.5, 0.6) is 5.75 Å². The third-order valence-corrected chi connectivity index (χ3v) is 9.75. The number of hydrogen-bond donors (Lipinski definition) is 0. The predicted octanol–water partition coefficient (Wildman–Crippen LogP) is 6.45. The molecule has 0 aliphatic carbocycles. The fraction of sp³-hybridized carbons (Fsp3) is 0.194. The number of ether oxygens (including phenoxy) is 2. The first-order valence-corrected chi connectivity index (χ1v) is 17.1. The SMILES string of the molecule is CCOC(=O)C1=C(C)N=c2s/c(=C\c3cc(I)cc(I)c3OCc3ccccc3F)c(=O)n2[C@@H]1c1ccc(SC)cc1. The van der Waals surface area contributed by atoms with Crippen LogP contribution in [0.2, 0.25) is 0 Å². The van der Waals surface area contributed by atoms with Crippen LogP contribution in [-0.2, 0) is 16.1 Å². The van der Waals surface area contributed by atoms with Gasteiger partial charge in [-0.2, -0.15) is 0 Å². The van der Waals surface area contributed by atoms with Gasteiger partial charge in [0.2, 0.25) is 0 Å². The number of thioether (sulfide) groups is 1. The van der Waals surface area contributed by atoms with E-state index in [1.807, 2.05) is 42.7 Å². The molecule has 6 nitrogen and oxygen atoms in total. The molecule has 0 N–H and O–H groups in total. The van der Waals surface area contributed by atoms with Crippen LogP contribution < -0.4 is 19.6 Å². The highest BCUT2D eigenvalue weighted by Crippen LogP contribution is 2.33. The van der Waals surface area contributed by atoms with Gasteiger partial charge in [0.1, 0.15) is 18.2 Å². The fourth-order valence-corrected chi connectivity index (χ4v) is 8.13. The maximum atomic E-state index is 14.3. The van der Waals surface area contributed by atoms with Crippen molar-refractivity contribution in [3.8, 4) is 5.75 Å². The second kappa shape index (κ2) is 13.4. The van der Waals surface area contributed by atoms with Gasteiger partial charge in [-0.3, -0.25) is 9.36 Å². The Kier molecular flexibility index (Phi) is 9.90. The summed E-state index contributed by atoms with van der Waals surface area (Å²) in [6, 6.07) is 17.5. The summed E-state index contributed by atoms with van der Waals surface area (Å²) in [4.78, 5) is 33.5. The molecule has 0 unspecified atom stereocenters. The number of esters is 1. The Morgan fingerprint density at radius 3 is 2.60 bits per heavy atom. The number of carbonyl (C=O) groups is 1. The van der Waals surface area contributed by atoms with Gasteiger partial charge in [-0.25, -0.2) is 14.2 Å². The molecule has 1 aliphatic rings. The zero-order valence-corrected chi connectivity index (χ0v) is 28.8. The van der Waals surface area contributed by atoms with Crippen LogP contribution in [0.3, 0.4) is 0 Å². The maximum Gasteiger partial charge on any atom is 0.338 e. The lowest BCUT2D eigenvalue weighted by molar-refractivity contribution is -0.139. The Balaban J connectivity index is 1.65. The summed E-state index contributed by atoms with van der Waals surface area (Å²) >= 11 is 7.27. The van der Waals surface area contributed by atoms with Crippen LogP contribution in [0.4, 0.5) is 4.39 Å². The zero-order valence-electron chi connectivity index (χ0n) is 22.8. The molecule has 4 aromatic rings. The van der Waals surface area contributed by atoms with E-state index in [-0.39, 0.29) is 24.6 Å². The molecule has 3 aromatic carbocycles. The summed E-state index contributed by atoms with van der Waals surface area (Å²) < 4.78 is 29.6. The van der Waals surface area contributed by atoms with Gasteiger partial charge in [0, 0.05) is 19.6 Å². The number of halogens is 3. The molecule has 0 fully saturated rings. The lowest BCUT2D eigenvalue weighted by Gasteiger charge is -2.24. The Bertz CT molecular complexity index is 1880. The number of aromatic nitrogens is 1. The first-order chi connectivity index (χ1) is 20.2. The quantitative estimate of drug-likeness (QED) is 0.116. The van der Waals surface area contributed by atoms with Gasteiger partial charge in [0.05, 0.1) is 32.0 Å². The largest absolute Gasteiger partial charge is 0.487 e. The van der Waals surface area contributed by atoms with Crippen LogP contribution in [0.25, 0.3) is 6.08 Å². The van der Waals surface area contributed by atoms with Crippen LogP contribution in [0.15, 0.2) is 86.6 Å². The number of benzene rings is 3. The molecule has 11 heteroatoms. The smallest absolute Gasteiger partial charge is 0.338 e. The van der Waals surface area contributed by atoms with E-state index in [9.17, 15) is 14.0 Å². The molecule has 0 amide bonds. The van der Waals surface area contributed by atoms with Gasteiger partial charge >= 0.3 is 5.97 Å². The van der Waals surface area contributed by atoms with E-state index in [0.717, 1.165) is 17.6 Å². The highest BCUT2D eigenvalue weighted by atomic mass is 127. The van der Waals surface area contributed by atoms with Crippen LogP contribution >= 0.6 is 68.3 Å². The van der Waals surface area contributed by atoms with Gasteiger partial charge in [-0.15, -0.1) is 11.8 Å². The van der Waals surface area contributed by atoms with Crippen molar-refractivity contribution in [3.63, 3.8) is 0 Å². The topological polar surface area (TPSA) is 69.9 Å². The molecule has 0 bridgehead atoms. The predicted molar refractivity (Wildman–Crippen MR) is 181 cm³/mol. The van der Waals surface area contributed by atoms with Crippen LogP contribution in [0.1, 0.15) is 36.6 Å². The molecule has 1 aliphatic heterocycles. The van der Waals surface area contributed by atoms with Crippen LogP contribution in [-0.4, -0.2) is 23.4 Å². The summed E-state index contributed by atoms with van der Waals surface area (Å²) in [5.74, 6) is -0.285. The molecule has 0 radical (unpaired) electrons. The van der Waals surface area contributed by atoms with Gasteiger partial charge in [-0.05, 0) is 107 Å². The van der Waals surface area contributed by atoms with Crippen molar-refractivity contribution < 1.29 is 18.7 Å². The Labute approximate surface area is 277 Å². The number of rotatable bonds is 8. The van der Waals surface area contributed by atoms with Crippen molar-refractivity contribution in [2.75, 3.05) is 12.9 Å². The van der Waals surface area contributed by atoms with E-state index in [2.05, 4.69) is 50.2 Å². The number of thiazole rings is 1. The molecule has 5 rings (SSSR count). The summed E-state index contributed by atoms with van der Waals surface area (Å²) in [5, 5.41) is 0. The van der Waals surface area contributed by atoms with Crippen molar-refractivity contribution in [1.29, 1.82) is 0 Å². The molecule has 216 valence electrons. The average Bonchev–Trinajstić information content (AvgIpc) is 3.26. The molecule has 0 saturated carbocycles. The van der Waals surface area contributed by atoms with Crippen molar-refractivity contribution in [3.05, 3.63) is 121 Å². The first-order valence-electron chi connectivity index (χ1n) is 12.9. The standard InChI is InChI=1S/C31H25FI2N2O4S2/c1-4-39-30(38)26-17(2)35-31-36(27(26)18-9-11-22(41-3)12-10-18)29(37)25(42-31)14-20-13-21(33)15-24(34)28(20)40-16-19-7-5-6-8-23(19)32/h5-15,27H,4,16H2,1-3H3/b25-14-/t27-/m1/s1. The van der Waals surface area contributed by atoms with Crippen molar-refractivity contribution in [1.82, 2.24) is 4.57 Å². The lowest BCUT2D eigenvalue weighted by Crippen LogP contribution is -2.39. The Morgan fingerprint density at radius 2 is 1.90 bits per heavy atom. The van der Waals surface area contributed by atoms with Gasteiger partial charge in [0.25, 0.3) is 5.56 Å². The summed E-state index contributed by atoms with van der Waals surface area (Å²) in [7, 11) is 0. The minimum Gasteiger partial charge on any atom is -0.487 e. The van der Waals surface area contributed by atoms with E-state index in [1.165, 1.54) is 17.4 Å². The first kappa shape index (κ1) is 31.0. The summed E-state index contributed by atoms with van der Waals surface area (Å²) in [5.41, 5.74) is 2.49. The summed E-state index contributed by atoms with van der Waals surface area (Å²) in [6.45, 7) is 3.77. The number of carbonyl (C=O) groups excluding carboxylic acids is 1.